The van der Waals surface area contributed by atoms with E-state index in [0.29, 0.717) is 18.7 Å². The molecule has 1 aliphatic heterocycles. The van der Waals surface area contributed by atoms with E-state index in [1.54, 1.807) is 17.0 Å². The van der Waals surface area contributed by atoms with Gasteiger partial charge in [0.25, 0.3) is 5.91 Å². The summed E-state index contributed by atoms with van der Waals surface area (Å²) in [4.78, 5) is 36.6. The molecule has 26 heavy (non-hydrogen) atoms. The maximum atomic E-state index is 12.4. The lowest BCUT2D eigenvalue weighted by Crippen LogP contribution is -2.52. The largest absolute Gasteiger partial charge is 0.481 e. The molecule has 1 aromatic carbocycles. The molecule has 1 saturated heterocycles. The van der Waals surface area contributed by atoms with Crippen LogP contribution in [0.3, 0.4) is 0 Å². The van der Waals surface area contributed by atoms with E-state index in [-0.39, 0.29) is 36.7 Å². The number of nitrogens with zero attached hydrogens (tertiary/aromatic N) is 1. The van der Waals surface area contributed by atoms with Crippen LogP contribution in [-0.4, -0.2) is 53.6 Å². The fourth-order valence-electron chi connectivity index (χ4n) is 3.02. The Hall–Kier alpha value is -3.03. The van der Waals surface area contributed by atoms with Crippen LogP contribution >= 0.6 is 0 Å². The summed E-state index contributed by atoms with van der Waals surface area (Å²) in [6, 6.07) is 8.61. The van der Waals surface area contributed by atoms with Crippen molar-refractivity contribution in [1.82, 2.24) is 15.5 Å². The lowest BCUT2D eigenvalue weighted by Gasteiger charge is -2.33. The predicted molar refractivity (Wildman–Crippen MR) is 93.9 cm³/mol. The van der Waals surface area contributed by atoms with Crippen LogP contribution < -0.4 is 10.6 Å². The number of hydrogen-bond acceptors (Lipinski definition) is 4. The van der Waals surface area contributed by atoms with Gasteiger partial charge in [-0.3, -0.25) is 9.59 Å². The fraction of sp³-hybridized carbons (Fsp3) is 0.389. The lowest BCUT2D eigenvalue weighted by molar-refractivity contribution is -0.136. The quantitative estimate of drug-likeness (QED) is 0.754. The predicted octanol–water partition coefficient (Wildman–Crippen LogP) is 1.81. The number of benzene rings is 1. The maximum absolute atomic E-state index is 12.4. The summed E-state index contributed by atoms with van der Waals surface area (Å²) in [5, 5.41) is 15.0. The number of likely N-dealkylation sites (tertiary alicyclic amines) is 1. The number of carbonyl (C=O) groups is 3. The maximum Gasteiger partial charge on any atom is 0.317 e. The molecular weight excluding hydrogens is 338 g/mol. The number of aliphatic carboxylic acids is 1. The Morgan fingerprint density at radius 3 is 2.85 bits per heavy atom. The van der Waals surface area contributed by atoms with Crippen LogP contribution in [-0.2, 0) is 4.79 Å². The van der Waals surface area contributed by atoms with Gasteiger partial charge in [-0.05, 0) is 25.0 Å². The Morgan fingerprint density at radius 1 is 1.27 bits per heavy atom. The van der Waals surface area contributed by atoms with Gasteiger partial charge < -0.3 is 25.1 Å². The molecule has 0 radical (unpaired) electrons. The van der Waals surface area contributed by atoms with E-state index in [2.05, 4.69) is 10.6 Å². The van der Waals surface area contributed by atoms with Gasteiger partial charge in [0.1, 0.15) is 5.58 Å². The molecule has 1 aliphatic rings. The summed E-state index contributed by atoms with van der Waals surface area (Å²) in [5.74, 6) is -1.02. The number of carbonyl (C=O) groups excluding carboxylic acids is 2. The minimum absolute atomic E-state index is 0.0840. The van der Waals surface area contributed by atoms with E-state index in [1.807, 2.05) is 18.2 Å². The average molecular weight is 359 g/mol. The van der Waals surface area contributed by atoms with Crippen molar-refractivity contribution in [2.75, 3.05) is 19.6 Å². The van der Waals surface area contributed by atoms with Crippen molar-refractivity contribution in [2.24, 2.45) is 0 Å². The monoisotopic (exact) mass is 359 g/mol. The number of fused-ring (bicyclic) bond motifs is 1. The number of urea groups is 1. The van der Waals surface area contributed by atoms with E-state index in [0.717, 1.165) is 18.2 Å². The summed E-state index contributed by atoms with van der Waals surface area (Å²) >= 11 is 0. The smallest absolute Gasteiger partial charge is 0.317 e. The summed E-state index contributed by atoms with van der Waals surface area (Å²) in [6.45, 7) is 1.04. The highest BCUT2D eigenvalue weighted by Gasteiger charge is 2.26. The molecule has 0 spiro atoms. The molecule has 1 unspecified atom stereocenters. The molecule has 0 bridgehead atoms. The Kier molecular flexibility index (Phi) is 5.40. The van der Waals surface area contributed by atoms with E-state index in [4.69, 9.17) is 9.52 Å². The van der Waals surface area contributed by atoms with Crippen molar-refractivity contribution in [3.63, 3.8) is 0 Å². The van der Waals surface area contributed by atoms with Crippen molar-refractivity contribution in [3.05, 3.63) is 36.1 Å². The summed E-state index contributed by atoms with van der Waals surface area (Å²) in [6.07, 6.45) is 1.41. The molecule has 8 heteroatoms. The Balaban J connectivity index is 1.55. The topological polar surface area (TPSA) is 112 Å². The summed E-state index contributed by atoms with van der Waals surface area (Å²) in [7, 11) is 0. The first kappa shape index (κ1) is 17.8. The molecule has 2 heterocycles. The van der Waals surface area contributed by atoms with Crippen LogP contribution in [0, 0.1) is 0 Å². The van der Waals surface area contributed by atoms with Crippen molar-refractivity contribution >= 4 is 28.9 Å². The second-order valence-corrected chi connectivity index (χ2v) is 6.28. The highest BCUT2D eigenvalue weighted by Crippen LogP contribution is 2.19. The van der Waals surface area contributed by atoms with Crippen molar-refractivity contribution < 1.29 is 23.9 Å². The van der Waals surface area contributed by atoms with Crippen molar-refractivity contribution in [1.29, 1.82) is 0 Å². The highest BCUT2D eigenvalue weighted by molar-refractivity contribution is 5.96. The zero-order valence-electron chi connectivity index (χ0n) is 14.2. The van der Waals surface area contributed by atoms with Crippen LogP contribution in [0.4, 0.5) is 4.79 Å². The molecule has 1 fully saturated rings. The molecular formula is C18H21N3O5. The molecule has 8 nitrogen and oxygen atoms in total. The molecule has 0 aliphatic carbocycles. The zero-order valence-corrected chi connectivity index (χ0v) is 14.2. The second kappa shape index (κ2) is 7.90. The third-order valence-corrected chi connectivity index (χ3v) is 4.31. The van der Waals surface area contributed by atoms with Crippen LogP contribution in [0.2, 0.25) is 0 Å². The number of carboxylic acid groups (broad SMARTS) is 1. The van der Waals surface area contributed by atoms with E-state index in [9.17, 15) is 14.4 Å². The molecule has 138 valence electrons. The average Bonchev–Trinajstić information content (AvgIpc) is 3.06. The van der Waals surface area contributed by atoms with Gasteiger partial charge in [-0.15, -0.1) is 0 Å². The van der Waals surface area contributed by atoms with Crippen LogP contribution in [0.5, 0.6) is 0 Å². The number of para-hydroxylation sites is 1. The van der Waals surface area contributed by atoms with Gasteiger partial charge in [-0.1, -0.05) is 18.2 Å². The van der Waals surface area contributed by atoms with E-state index >= 15 is 0 Å². The molecule has 0 saturated carbocycles. The SMILES string of the molecule is O=C(O)CCNC(=O)N1CCCC(NC(=O)c2cc3ccccc3o2)C1. The number of rotatable bonds is 5. The first-order valence-electron chi connectivity index (χ1n) is 8.57. The molecule has 3 N–H and O–H groups in total. The molecule has 3 amide bonds. The molecule has 1 aromatic heterocycles. The van der Waals surface area contributed by atoms with E-state index < -0.39 is 5.97 Å². The van der Waals surface area contributed by atoms with Gasteiger partial charge in [0, 0.05) is 31.1 Å². The molecule has 2 aromatic rings. The Labute approximate surface area is 150 Å². The lowest BCUT2D eigenvalue weighted by atomic mass is 10.1. The minimum atomic E-state index is -0.958. The number of hydrogen-bond donors (Lipinski definition) is 3. The summed E-state index contributed by atoms with van der Waals surface area (Å²) < 4.78 is 5.56. The molecule has 3 rings (SSSR count). The normalized spacial score (nSPS) is 17.1. The third kappa shape index (κ3) is 4.33. The number of amides is 3. The van der Waals surface area contributed by atoms with Gasteiger partial charge in [0.05, 0.1) is 6.42 Å². The van der Waals surface area contributed by atoms with Gasteiger partial charge in [0.2, 0.25) is 0 Å². The van der Waals surface area contributed by atoms with Gasteiger partial charge in [-0.25, -0.2) is 4.79 Å². The van der Waals surface area contributed by atoms with Crippen LogP contribution in [0.15, 0.2) is 34.7 Å². The number of piperidine rings is 1. The van der Waals surface area contributed by atoms with Gasteiger partial charge >= 0.3 is 12.0 Å². The van der Waals surface area contributed by atoms with Crippen LogP contribution in [0.1, 0.15) is 29.8 Å². The highest BCUT2D eigenvalue weighted by atomic mass is 16.4. The number of carboxylic acids is 1. The fourth-order valence-corrected chi connectivity index (χ4v) is 3.02. The summed E-state index contributed by atoms with van der Waals surface area (Å²) in [5.41, 5.74) is 0.653. The van der Waals surface area contributed by atoms with E-state index in [1.165, 1.54) is 0 Å². The Morgan fingerprint density at radius 2 is 2.08 bits per heavy atom. The number of nitrogens with one attached hydrogen (secondary N) is 2. The zero-order chi connectivity index (χ0) is 18.5. The van der Waals surface area contributed by atoms with Crippen molar-refractivity contribution in [3.8, 4) is 0 Å². The standard InChI is InChI=1S/C18H21N3O5/c22-16(23)7-8-19-18(25)21-9-3-5-13(11-21)20-17(24)15-10-12-4-1-2-6-14(12)26-15/h1-2,4,6,10,13H,3,5,7-9,11H2,(H,19,25)(H,20,24)(H,22,23). The first-order chi connectivity index (χ1) is 12.5. The third-order valence-electron chi connectivity index (χ3n) is 4.31. The number of furan rings is 1. The van der Waals surface area contributed by atoms with Crippen molar-refractivity contribution in [2.45, 2.75) is 25.3 Å². The Bertz CT molecular complexity index is 783. The second-order valence-electron chi connectivity index (χ2n) is 6.28. The van der Waals surface area contributed by atoms with Crippen LogP contribution in [0.25, 0.3) is 11.0 Å². The molecule has 1 atom stereocenters. The minimum Gasteiger partial charge on any atom is -0.481 e. The van der Waals surface area contributed by atoms with Gasteiger partial charge in [-0.2, -0.15) is 0 Å². The van der Waals surface area contributed by atoms with Gasteiger partial charge in [0.15, 0.2) is 5.76 Å². The first-order valence-corrected chi connectivity index (χ1v) is 8.57.